The van der Waals surface area contributed by atoms with Gasteiger partial charge < -0.3 is 5.32 Å². The first-order valence-corrected chi connectivity index (χ1v) is 6.52. The smallest absolute Gasteiger partial charge is 0.326 e. The third kappa shape index (κ3) is 4.79. The Hall–Kier alpha value is -2.92. The Morgan fingerprint density at radius 3 is 2.43 bits per heavy atom. The Morgan fingerprint density at radius 2 is 1.83 bits per heavy atom. The summed E-state index contributed by atoms with van der Waals surface area (Å²) in [6.07, 6.45) is -3.42. The molecule has 23 heavy (non-hydrogen) atoms. The lowest BCUT2D eigenvalue weighted by atomic mass is 10.1. The number of amides is 1. The van der Waals surface area contributed by atoms with Gasteiger partial charge in [-0.25, -0.2) is 4.79 Å². The van der Waals surface area contributed by atoms with Crippen LogP contribution in [0.1, 0.15) is 11.1 Å². The fraction of sp³-hybridized carbons (Fsp3) is 0.125. The second-order valence-corrected chi connectivity index (χ2v) is 4.68. The lowest BCUT2D eigenvalue weighted by Crippen LogP contribution is -2.15. The van der Waals surface area contributed by atoms with Crippen molar-refractivity contribution in [3.05, 3.63) is 59.7 Å². The highest BCUT2D eigenvalue weighted by Gasteiger charge is 2.31. The molecule has 0 aliphatic heterocycles. The Kier molecular flexibility index (Phi) is 4.93. The molecule has 0 saturated heterocycles. The monoisotopic (exact) mass is 320 g/mol. The van der Waals surface area contributed by atoms with Crippen molar-refractivity contribution in [1.82, 2.24) is 0 Å². The molecule has 0 fully saturated rings. The molecule has 0 radical (unpaired) electrons. The predicted octanol–water partition coefficient (Wildman–Crippen LogP) is 3.85. The number of carbonyl (C=O) groups is 1. The molecule has 4 nitrogen and oxygen atoms in total. The molecular weight excluding hydrogens is 309 g/mol. The minimum absolute atomic E-state index is 0.0172. The van der Waals surface area contributed by atoms with E-state index in [9.17, 15) is 22.8 Å². The van der Waals surface area contributed by atoms with Gasteiger partial charge in [-0.15, -0.1) is 0 Å². The largest absolute Gasteiger partial charge is 0.416 e. The summed E-state index contributed by atoms with van der Waals surface area (Å²) >= 11 is 0. The highest BCUT2D eigenvalue weighted by atomic mass is 19.4. The summed E-state index contributed by atoms with van der Waals surface area (Å²) in [5, 5.41) is 2.37. The minimum atomic E-state index is -4.62. The second kappa shape index (κ2) is 6.89. The topological polar surface area (TPSA) is 58.5 Å². The van der Waals surface area contributed by atoms with Crippen molar-refractivity contribution in [3.8, 4) is 0 Å². The summed E-state index contributed by atoms with van der Waals surface area (Å²) in [6, 6.07) is 11.4. The Balaban J connectivity index is 2.23. The van der Waals surface area contributed by atoms with Crippen LogP contribution in [0.25, 0.3) is 0 Å². The number of nitrogens with one attached hydrogen (secondary N) is 1. The van der Waals surface area contributed by atoms with Gasteiger partial charge in [0.15, 0.2) is 0 Å². The van der Waals surface area contributed by atoms with E-state index in [-0.39, 0.29) is 17.8 Å². The van der Waals surface area contributed by atoms with Crippen molar-refractivity contribution in [2.75, 3.05) is 5.32 Å². The van der Waals surface area contributed by atoms with E-state index in [1.165, 1.54) is 12.1 Å². The molecule has 2 rings (SSSR count). The van der Waals surface area contributed by atoms with E-state index < -0.39 is 17.6 Å². The number of hydrogen-bond donors (Lipinski definition) is 1. The third-order valence-corrected chi connectivity index (χ3v) is 2.91. The zero-order chi connectivity index (χ0) is 16.9. The van der Waals surface area contributed by atoms with Gasteiger partial charge in [0.2, 0.25) is 12.0 Å². The number of hydrogen-bond acceptors (Lipinski definition) is 3. The first kappa shape index (κ1) is 16.5. The van der Waals surface area contributed by atoms with E-state index >= 15 is 0 Å². The van der Waals surface area contributed by atoms with Crippen LogP contribution in [0.4, 0.5) is 24.5 Å². The molecule has 2 aromatic rings. The van der Waals surface area contributed by atoms with Crippen LogP contribution in [0.2, 0.25) is 0 Å². The molecule has 0 bridgehead atoms. The molecule has 1 N–H and O–H groups in total. The van der Waals surface area contributed by atoms with Gasteiger partial charge in [-0.05, 0) is 23.8 Å². The van der Waals surface area contributed by atoms with Crippen LogP contribution in [-0.2, 0) is 22.2 Å². The normalized spacial score (nSPS) is 10.7. The Morgan fingerprint density at radius 1 is 1.13 bits per heavy atom. The maximum absolute atomic E-state index is 12.8. The molecule has 1 amide bonds. The van der Waals surface area contributed by atoms with Crippen LogP contribution in [0.15, 0.2) is 53.5 Å². The summed E-state index contributed by atoms with van der Waals surface area (Å²) in [5.41, 5.74) is -0.605. The van der Waals surface area contributed by atoms with E-state index in [4.69, 9.17) is 0 Å². The highest BCUT2D eigenvalue weighted by Crippen LogP contribution is 2.34. The lowest BCUT2D eigenvalue weighted by Gasteiger charge is -2.11. The van der Waals surface area contributed by atoms with Gasteiger partial charge >= 0.3 is 6.18 Å². The number of alkyl halides is 3. The number of aliphatic imine (C=N–C) groups is 1. The molecule has 0 aliphatic carbocycles. The lowest BCUT2D eigenvalue weighted by molar-refractivity contribution is -0.137. The van der Waals surface area contributed by atoms with Crippen LogP contribution >= 0.6 is 0 Å². The molecule has 2 aromatic carbocycles. The van der Waals surface area contributed by atoms with E-state index in [2.05, 4.69) is 10.3 Å². The standard InChI is InChI=1S/C16H11F3N2O2/c17-16(18,19)12-7-13(20-10-22)9-14(8-12)21-15(23)6-11-4-2-1-3-5-11/h1-5,7-9H,6H2,(H,21,23). The first-order valence-electron chi connectivity index (χ1n) is 6.52. The summed E-state index contributed by atoms with van der Waals surface area (Å²) in [6.45, 7) is 0. The predicted molar refractivity (Wildman–Crippen MR) is 78.0 cm³/mol. The molecule has 0 aliphatic rings. The SMILES string of the molecule is O=C=Nc1cc(NC(=O)Cc2ccccc2)cc(C(F)(F)F)c1. The first-order chi connectivity index (χ1) is 10.9. The Bertz CT molecular complexity index is 752. The molecular formula is C16H11F3N2O2. The summed E-state index contributed by atoms with van der Waals surface area (Å²) in [7, 11) is 0. The van der Waals surface area contributed by atoms with Crippen molar-refractivity contribution in [3.63, 3.8) is 0 Å². The van der Waals surface area contributed by atoms with Crippen LogP contribution in [-0.4, -0.2) is 12.0 Å². The third-order valence-electron chi connectivity index (χ3n) is 2.91. The van der Waals surface area contributed by atoms with Crippen LogP contribution in [0, 0.1) is 0 Å². The van der Waals surface area contributed by atoms with E-state index in [1.54, 1.807) is 30.3 Å². The molecule has 118 valence electrons. The minimum Gasteiger partial charge on any atom is -0.326 e. The Labute approximate surface area is 129 Å². The molecule has 0 atom stereocenters. The van der Waals surface area contributed by atoms with Crippen LogP contribution < -0.4 is 5.32 Å². The quantitative estimate of drug-likeness (QED) is 0.687. The van der Waals surface area contributed by atoms with Gasteiger partial charge in [0.25, 0.3) is 0 Å². The highest BCUT2D eigenvalue weighted by molar-refractivity contribution is 5.92. The van der Waals surface area contributed by atoms with Gasteiger partial charge in [-0.1, -0.05) is 30.3 Å². The fourth-order valence-electron chi connectivity index (χ4n) is 1.95. The van der Waals surface area contributed by atoms with Crippen LogP contribution in [0.3, 0.4) is 0 Å². The zero-order valence-corrected chi connectivity index (χ0v) is 11.7. The molecule has 0 unspecified atom stereocenters. The number of benzene rings is 2. The number of rotatable bonds is 4. The molecule has 7 heteroatoms. The molecule has 0 heterocycles. The van der Waals surface area contributed by atoms with Crippen LogP contribution in [0.5, 0.6) is 0 Å². The number of isocyanates is 1. The van der Waals surface area contributed by atoms with Gasteiger partial charge in [-0.2, -0.15) is 18.2 Å². The van der Waals surface area contributed by atoms with Crippen molar-refractivity contribution >= 4 is 23.4 Å². The van der Waals surface area contributed by atoms with Crippen molar-refractivity contribution in [1.29, 1.82) is 0 Å². The summed E-state index contributed by atoms with van der Waals surface area (Å²) in [4.78, 5) is 25.3. The van der Waals surface area contributed by atoms with E-state index in [0.717, 1.165) is 11.6 Å². The van der Waals surface area contributed by atoms with Crippen molar-refractivity contribution in [2.45, 2.75) is 12.6 Å². The van der Waals surface area contributed by atoms with E-state index in [0.29, 0.717) is 6.07 Å². The van der Waals surface area contributed by atoms with Crippen molar-refractivity contribution < 1.29 is 22.8 Å². The van der Waals surface area contributed by atoms with Gasteiger partial charge in [0.1, 0.15) is 0 Å². The van der Waals surface area contributed by atoms with Gasteiger partial charge in [-0.3, -0.25) is 4.79 Å². The number of halogens is 3. The molecule has 0 saturated carbocycles. The number of nitrogens with zero attached hydrogens (tertiary/aromatic N) is 1. The number of anilines is 1. The second-order valence-electron chi connectivity index (χ2n) is 4.68. The fourth-order valence-corrected chi connectivity index (χ4v) is 1.95. The van der Waals surface area contributed by atoms with Gasteiger partial charge in [0, 0.05) is 5.69 Å². The van der Waals surface area contributed by atoms with Crippen molar-refractivity contribution in [2.24, 2.45) is 4.99 Å². The van der Waals surface area contributed by atoms with Gasteiger partial charge in [0.05, 0.1) is 17.7 Å². The average molecular weight is 320 g/mol. The average Bonchev–Trinajstić information content (AvgIpc) is 2.47. The molecule has 0 aromatic heterocycles. The zero-order valence-electron chi connectivity index (χ0n) is 11.7. The number of carbonyl (C=O) groups excluding carboxylic acids is 2. The summed E-state index contributed by atoms with van der Waals surface area (Å²) < 4.78 is 38.5. The summed E-state index contributed by atoms with van der Waals surface area (Å²) in [5.74, 6) is -0.475. The maximum Gasteiger partial charge on any atom is 0.416 e. The van der Waals surface area contributed by atoms with E-state index in [1.807, 2.05) is 0 Å². The molecule has 0 spiro atoms. The maximum atomic E-state index is 12.8.